The van der Waals surface area contributed by atoms with Gasteiger partial charge in [0.25, 0.3) is 0 Å². The molecule has 148 valence electrons. The second kappa shape index (κ2) is 9.54. The maximum atomic E-state index is 13.9. The number of hydrogen-bond donors (Lipinski definition) is 1. The lowest BCUT2D eigenvalue weighted by Gasteiger charge is -2.22. The van der Waals surface area contributed by atoms with Gasteiger partial charge in [0.2, 0.25) is 11.1 Å². The van der Waals surface area contributed by atoms with E-state index in [1.807, 2.05) is 13.0 Å². The lowest BCUT2D eigenvalue weighted by Crippen LogP contribution is -2.33. The number of carbonyl (C=O) groups is 1. The van der Waals surface area contributed by atoms with Crippen LogP contribution < -0.4 is 4.90 Å². The minimum atomic E-state index is -0.405. The molecule has 0 unspecified atom stereocenters. The smallest absolute Gasteiger partial charge is 0.237 e. The van der Waals surface area contributed by atoms with E-state index in [4.69, 9.17) is 16.9 Å². The number of nitrogens with zero attached hydrogens (tertiary/aromatic N) is 4. The van der Waals surface area contributed by atoms with E-state index < -0.39 is 5.82 Å². The van der Waals surface area contributed by atoms with Crippen LogP contribution >= 0.6 is 23.4 Å². The van der Waals surface area contributed by atoms with Gasteiger partial charge in [-0.2, -0.15) is 5.26 Å². The number of halogens is 2. The number of amides is 1. The molecule has 0 aliphatic heterocycles. The van der Waals surface area contributed by atoms with Gasteiger partial charge in [0.05, 0.1) is 23.8 Å². The summed E-state index contributed by atoms with van der Waals surface area (Å²) in [5.41, 5.74) is 1.83. The van der Waals surface area contributed by atoms with Gasteiger partial charge in [-0.1, -0.05) is 35.5 Å². The second-order valence-corrected chi connectivity index (χ2v) is 7.47. The third kappa shape index (κ3) is 5.13. The predicted octanol–water partition coefficient (Wildman–Crippen LogP) is 4.61. The molecular weight excluding hydrogens is 413 g/mol. The predicted molar refractivity (Wildman–Crippen MR) is 111 cm³/mol. The summed E-state index contributed by atoms with van der Waals surface area (Å²) in [6, 6.07) is 13.6. The van der Waals surface area contributed by atoms with E-state index in [2.05, 4.69) is 21.3 Å². The van der Waals surface area contributed by atoms with Crippen molar-refractivity contribution in [3.8, 4) is 17.5 Å². The zero-order chi connectivity index (χ0) is 20.8. The minimum absolute atomic E-state index is 0.0711. The van der Waals surface area contributed by atoms with Crippen molar-refractivity contribution in [2.24, 2.45) is 0 Å². The van der Waals surface area contributed by atoms with Gasteiger partial charge in [0.1, 0.15) is 5.82 Å². The molecule has 0 saturated carbocycles. The van der Waals surface area contributed by atoms with Crippen molar-refractivity contribution in [2.45, 2.75) is 18.5 Å². The summed E-state index contributed by atoms with van der Waals surface area (Å²) in [6.45, 7) is 2.12. The summed E-state index contributed by atoms with van der Waals surface area (Å²) < 4.78 is 13.9. The Hall–Kier alpha value is -2.89. The Morgan fingerprint density at radius 1 is 1.34 bits per heavy atom. The van der Waals surface area contributed by atoms with E-state index >= 15 is 0 Å². The Morgan fingerprint density at radius 2 is 2.14 bits per heavy atom. The molecule has 29 heavy (non-hydrogen) atoms. The molecule has 0 bridgehead atoms. The summed E-state index contributed by atoms with van der Waals surface area (Å²) in [4.78, 5) is 18.6. The Bertz CT molecular complexity index is 1070. The molecule has 9 heteroatoms. The maximum Gasteiger partial charge on any atom is 0.237 e. The first-order valence-corrected chi connectivity index (χ1v) is 10.1. The number of carbonyl (C=O) groups excluding carboxylic acids is 1. The number of nitrogens with one attached hydrogen (secondary N) is 1. The highest BCUT2D eigenvalue weighted by Crippen LogP contribution is 2.25. The molecule has 1 heterocycles. The van der Waals surface area contributed by atoms with Crippen LogP contribution in [0.15, 0.2) is 47.6 Å². The molecule has 0 spiro atoms. The zero-order valence-corrected chi connectivity index (χ0v) is 17.1. The van der Waals surface area contributed by atoms with Gasteiger partial charge in [-0.25, -0.2) is 9.37 Å². The largest absolute Gasteiger partial charge is 0.311 e. The number of aromatic nitrogens is 3. The van der Waals surface area contributed by atoms with Crippen molar-refractivity contribution in [3.63, 3.8) is 0 Å². The highest BCUT2D eigenvalue weighted by molar-refractivity contribution is 7.99. The van der Waals surface area contributed by atoms with Gasteiger partial charge < -0.3 is 4.90 Å². The average molecular weight is 430 g/mol. The number of thioether (sulfide) groups is 1. The monoisotopic (exact) mass is 429 g/mol. The zero-order valence-electron chi connectivity index (χ0n) is 15.5. The van der Waals surface area contributed by atoms with Gasteiger partial charge in [-0.05, 0) is 42.8 Å². The number of nitriles is 1. The number of aromatic amines is 1. The van der Waals surface area contributed by atoms with Crippen LogP contribution in [0, 0.1) is 24.1 Å². The minimum Gasteiger partial charge on any atom is -0.311 e. The number of hydrogen-bond acceptors (Lipinski definition) is 5. The van der Waals surface area contributed by atoms with Crippen molar-refractivity contribution in [3.05, 3.63) is 58.9 Å². The summed E-state index contributed by atoms with van der Waals surface area (Å²) in [6.07, 6.45) is 0.205. The first kappa shape index (κ1) is 20.8. The first-order valence-electron chi connectivity index (χ1n) is 8.73. The van der Waals surface area contributed by atoms with Crippen molar-refractivity contribution in [1.29, 1.82) is 5.26 Å². The number of anilines is 1. The van der Waals surface area contributed by atoms with E-state index in [0.29, 0.717) is 27.3 Å². The lowest BCUT2D eigenvalue weighted by molar-refractivity contribution is -0.116. The molecular formula is C20H17ClFN5OS. The van der Waals surface area contributed by atoms with Crippen LogP contribution in [0.1, 0.15) is 12.0 Å². The van der Waals surface area contributed by atoms with Crippen molar-refractivity contribution in [2.75, 3.05) is 17.2 Å². The Kier molecular flexibility index (Phi) is 6.86. The summed E-state index contributed by atoms with van der Waals surface area (Å²) in [5, 5.41) is 16.6. The van der Waals surface area contributed by atoms with E-state index in [9.17, 15) is 9.18 Å². The highest BCUT2D eigenvalue weighted by atomic mass is 35.5. The fourth-order valence-corrected chi connectivity index (χ4v) is 3.44. The van der Waals surface area contributed by atoms with Crippen LogP contribution in [0.2, 0.25) is 5.02 Å². The van der Waals surface area contributed by atoms with Gasteiger partial charge in [0.15, 0.2) is 5.82 Å². The number of rotatable bonds is 7. The molecule has 0 radical (unpaired) electrons. The maximum absolute atomic E-state index is 13.9. The average Bonchev–Trinajstić information content (AvgIpc) is 3.18. The first-order chi connectivity index (χ1) is 14.0. The second-order valence-electron chi connectivity index (χ2n) is 6.12. The molecule has 0 fully saturated rings. The van der Waals surface area contributed by atoms with Gasteiger partial charge in [-0.3, -0.25) is 9.89 Å². The molecule has 3 aromatic rings. The third-order valence-corrected chi connectivity index (χ3v) is 5.38. The Balaban J connectivity index is 1.71. The number of H-pyrrole nitrogens is 1. The van der Waals surface area contributed by atoms with Crippen LogP contribution in [-0.4, -0.2) is 33.4 Å². The number of benzene rings is 2. The van der Waals surface area contributed by atoms with Crippen LogP contribution in [0.25, 0.3) is 11.4 Å². The van der Waals surface area contributed by atoms with Crippen molar-refractivity contribution < 1.29 is 9.18 Å². The van der Waals surface area contributed by atoms with Crippen LogP contribution in [-0.2, 0) is 4.79 Å². The molecule has 6 nitrogen and oxygen atoms in total. The summed E-state index contributed by atoms with van der Waals surface area (Å²) >= 11 is 7.21. The normalized spacial score (nSPS) is 10.6. The molecule has 0 atom stereocenters. The third-order valence-electron chi connectivity index (χ3n) is 4.12. The van der Waals surface area contributed by atoms with Crippen molar-refractivity contribution >= 4 is 35.0 Å². The van der Waals surface area contributed by atoms with Crippen LogP contribution in [0.4, 0.5) is 10.1 Å². The van der Waals surface area contributed by atoms with Crippen LogP contribution in [0.5, 0.6) is 0 Å². The molecule has 1 N–H and O–H groups in total. The van der Waals surface area contributed by atoms with Gasteiger partial charge >= 0.3 is 0 Å². The van der Waals surface area contributed by atoms with Crippen molar-refractivity contribution in [1.82, 2.24) is 15.2 Å². The van der Waals surface area contributed by atoms with E-state index in [1.54, 1.807) is 35.2 Å². The molecule has 0 aliphatic carbocycles. The molecule has 1 aromatic heterocycles. The van der Waals surface area contributed by atoms with Gasteiger partial charge in [-0.15, -0.1) is 5.10 Å². The Labute approximate surface area is 176 Å². The fourth-order valence-electron chi connectivity index (χ4n) is 2.65. The standard InChI is InChI=1S/C20H17ClFN5OS/c1-13-11-14(7-8-16(13)21)27(10-4-9-23)18(28)12-29-20-24-19(25-26-20)15-5-2-3-6-17(15)22/h2-3,5-8,11H,4,10,12H2,1H3,(H,24,25,26). The summed E-state index contributed by atoms with van der Waals surface area (Å²) in [5.74, 6) is -0.226. The summed E-state index contributed by atoms with van der Waals surface area (Å²) in [7, 11) is 0. The molecule has 2 aromatic carbocycles. The molecule has 0 aliphatic rings. The SMILES string of the molecule is Cc1cc(N(CCC#N)C(=O)CSc2n[nH]c(-c3ccccc3F)n2)ccc1Cl. The van der Waals surface area contributed by atoms with E-state index in [-0.39, 0.29) is 24.6 Å². The number of aryl methyl sites for hydroxylation is 1. The van der Waals surface area contributed by atoms with E-state index in [1.165, 1.54) is 6.07 Å². The quantitative estimate of drug-likeness (QED) is 0.554. The highest BCUT2D eigenvalue weighted by Gasteiger charge is 2.18. The van der Waals surface area contributed by atoms with Crippen LogP contribution in [0.3, 0.4) is 0 Å². The lowest BCUT2D eigenvalue weighted by atomic mass is 10.2. The van der Waals surface area contributed by atoms with Gasteiger partial charge in [0, 0.05) is 17.3 Å². The molecule has 0 saturated heterocycles. The fraction of sp³-hybridized carbons (Fsp3) is 0.200. The molecule has 3 rings (SSSR count). The topological polar surface area (TPSA) is 85.7 Å². The molecule has 1 amide bonds. The Morgan fingerprint density at radius 3 is 2.86 bits per heavy atom. The van der Waals surface area contributed by atoms with E-state index in [0.717, 1.165) is 17.3 Å².